The van der Waals surface area contributed by atoms with Gasteiger partial charge in [-0.2, -0.15) is 0 Å². The Morgan fingerprint density at radius 3 is 2.58 bits per heavy atom. The first-order chi connectivity index (χ1) is 16.0. The van der Waals surface area contributed by atoms with Crippen molar-refractivity contribution in [2.45, 2.75) is 44.7 Å². The third-order valence-corrected chi connectivity index (χ3v) is 6.65. The summed E-state index contributed by atoms with van der Waals surface area (Å²) in [7, 11) is 0. The zero-order valence-corrected chi connectivity index (χ0v) is 19.0. The van der Waals surface area contributed by atoms with E-state index in [-0.39, 0.29) is 17.4 Å². The molecule has 5 rings (SSSR count). The van der Waals surface area contributed by atoms with Crippen LogP contribution in [0.4, 0.5) is 0 Å². The maximum absolute atomic E-state index is 13.6. The summed E-state index contributed by atoms with van der Waals surface area (Å²) in [5.74, 6) is -0.765. The maximum Gasteiger partial charge on any atom is 0.290 e. The average Bonchev–Trinajstić information content (AvgIpc) is 3.53. The van der Waals surface area contributed by atoms with Crippen molar-refractivity contribution in [3.05, 3.63) is 76.2 Å². The number of rotatable bonds is 6. The number of carbonyl (C=O) groups is 2. The molecular weight excluding hydrogens is 442 g/mol. The van der Waals surface area contributed by atoms with Crippen LogP contribution in [-0.4, -0.2) is 34.3 Å². The number of ether oxygens (including phenoxy) is 1. The smallest absolute Gasteiger partial charge is 0.290 e. The van der Waals surface area contributed by atoms with Crippen LogP contribution in [-0.2, 0) is 4.79 Å². The average molecular weight is 466 g/mol. The molecule has 0 bridgehead atoms. The predicted molar refractivity (Wildman–Crippen MR) is 125 cm³/mol. The molecule has 1 unspecified atom stereocenters. The van der Waals surface area contributed by atoms with Crippen molar-refractivity contribution in [3.63, 3.8) is 0 Å². The van der Waals surface area contributed by atoms with Gasteiger partial charge in [-0.25, -0.2) is 0 Å². The van der Waals surface area contributed by atoms with Crippen molar-refractivity contribution in [3.8, 4) is 5.75 Å². The third-order valence-electron chi connectivity index (χ3n) is 6.42. The molecule has 2 aromatic carbocycles. The molecule has 170 valence electrons. The fourth-order valence-corrected chi connectivity index (χ4v) is 5.09. The third kappa shape index (κ3) is 3.78. The number of ketones is 1. The largest absolute Gasteiger partial charge is 0.503 e. The second kappa shape index (κ2) is 8.60. The summed E-state index contributed by atoms with van der Waals surface area (Å²) in [6, 6.07) is 13.3. The molecule has 1 saturated carbocycles. The number of nitrogens with zero attached hydrogens (tertiary/aromatic N) is 1. The lowest BCUT2D eigenvalue weighted by Crippen LogP contribution is -2.38. The number of furan rings is 1. The van der Waals surface area contributed by atoms with Crippen molar-refractivity contribution < 1.29 is 23.8 Å². The van der Waals surface area contributed by atoms with E-state index >= 15 is 0 Å². The Balaban J connectivity index is 1.58. The van der Waals surface area contributed by atoms with E-state index in [1.807, 2.05) is 31.2 Å². The summed E-state index contributed by atoms with van der Waals surface area (Å²) < 4.78 is 11.3. The van der Waals surface area contributed by atoms with Gasteiger partial charge in [0, 0.05) is 16.5 Å². The normalized spacial score (nSPS) is 19.2. The minimum absolute atomic E-state index is 0.0315. The van der Waals surface area contributed by atoms with Crippen LogP contribution in [0.3, 0.4) is 0 Å². The Morgan fingerprint density at radius 1 is 1.15 bits per heavy atom. The van der Waals surface area contributed by atoms with Crippen LogP contribution in [0.5, 0.6) is 5.75 Å². The van der Waals surface area contributed by atoms with Gasteiger partial charge in [-0.15, -0.1) is 0 Å². The monoisotopic (exact) mass is 465 g/mol. The Hall–Kier alpha value is -3.25. The van der Waals surface area contributed by atoms with Crippen LogP contribution in [0.15, 0.2) is 64.3 Å². The van der Waals surface area contributed by atoms with Crippen molar-refractivity contribution >= 4 is 34.3 Å². The number of carbonyl (C=O) groups excluding carboxylic acids is 2. The highest BCUT2D eigenvalue weighted by atomic mass is 35.5. The molecule has 0 radical (unpaired) electrons. The number of aliphatic hydroxyl groups is 1. The minimum Gasteiger partial charge on any atom is -0.503 e. The highest BCUT2D eigenvalue weighted by Gasteiger charge is 2.47. The zero-order chi connectivity index (χ0) is 23.1. The lowest BCUT2D eigenvalue weighted by Gasteiger charge is -2.32. The van der Waals surface area contributed by atoms with E-state index in [0.29, 0.717) is 28.3 Å². The van der Waals surface area contributed by atoms with Crippen molar-refractivity contribution in [1.82, 2.24) is 4.90 Å². The molecule has 7 heteroatoms. The van der Waals surface area contributed by atoms with Gasteiger partial charge in [-0.3, -0.25) is 9.59 Å². The number of Topliss-reactive ketones (excluding diaryl/α,β-unsaturated/α-hetero) is 1. The molecule has 1 aromatic heterocycles. The van der Waals surface area contributed by atoms with Crippen LogP contribution in [0.2, 0.25) is 5.02 Å². The number of fused-ring (bicyclic) bond motifs is 1. The summed E-state index contributed by atoms with van der Waals surface area (Å²) in [6.07, 6.45) is 3.71. The number of halogens is 1. The van der Waals surface area contributed by atoms with Crippen LogP contribution in [0, 0.1) is 0 Å². The fraction of sp³-hybridized carbons (Fsp3) is 0.308. The Kier molecular flexibility index (Phi) is 5.62. The van der Waals surface area contributed by atoms with E-state index in [2.05, 4.69) is 0 Å². The van der Waals surface area contributed by atoms with Crippen LogP contribution in [0.1, 0.15) is 54.8 Å². The molecule has 3 aromatic rings. The van der Waals surface area contributed by atoms with Crippen molar-refractivity contribution in [1.29, 1.82) is 0 Å². The SMILES string of the molecule is CCOc1ccc(C2C(C(=O)c3cc4cc(Cl)ccc4o3)=C(O)C(=O)N2C2CCCC2)cc1. The molecule has 1 aliphatic carbocycles. The molecule has 2 heterocycles. The van der Waals surface area contributed by atoms with Gasteiger partial charge in [0.15, 0.2) is 11.5 Å². The van der Waals surface area contributed by atoms with E-state index in [4.69, 9.17) is 20.8 Å². The predicted octanol–water partition coefficient (Wildman–Crippen LogP) is 6.01. The zero-order valence-electron chi connectivity index (χ0n) is 18.2. The summed E-state index contributed by atoms with van der Waals surface area (Å²) in [5, 5.41) is 12.1. The maximum atomic E-state index is 13.6. The molecule has 1 N–H and O–H groups in total. The van der Waals surface area contributed by atoms with Crippen molar-refractivity contribution in [2.24, 2.45) is 0 Å². The highest BCUT2D eigenvalue weighted by molar-refractivity contribution is 6.31. The summed E-state index contributed by atoms with van der Waals surface area (Å²) in [5.41, 5.74) is 1.30. The second-order valence-corrected chi connectivity index (χ2v) is 8.88. The van der Waals surface area contributed by atoms with Crippen LogP contribution in [0.25, 0.3) is 11.0 Å². The quantitative estimate of drug-likeness (QED) is 0.451. The number of aliphatic hydroxyl groups excluding tert-OH is 1. The Morgan fingerprint density at radius 2 is 1.88 bits per heavy atom. The van der Waals surface area contributed by atoms with Crippen molar-refractivity contribution in [2.75, 3.05) is 6.61 Å². The molecule has 0 saturated heterocycles. The molecule has 1 atom stereocenters. The standard InChI is InChI=1S/C26H24ClNO5/c1-2-32-19-10-7-15(8-11-19)23-22(25(30)26(31)28(23)18-5-3-4-6-18)24(29)21-14-16-13-17(27)9-12-20(16)33-21/h7-14,18,23,30H,2-6H2,1H3. The summed E-state index contributed by atoms with van der Waals surface area (Å²) in [6.45, 7) is 2.44. The lowest BCUT2D eigenvalue weighted by molar-refractivity contribution is -0.131. The van der Waals surface area contributed by atoms with Crippen LogP contribution < -0.4 is 4.74 Å². The molecule has 6 nitrogen and oxygen atoms in total. The first-order valence-electron chi connectivity index (χ1n) is 11.2. The molecule has 33 heavy (non-hydrogen) atoms. The Bertz CT molecular complexity index is 1250. The molecule has 2 aliphatic rings. The Labute approximate surface area is 196 Å². The van der Waals surface area contributed by atoms with Gasteiger partial charge in [-0.1, -0.05) is 36.6 Å². The van der Waals surface area contributed by atoms with E-state index in [1.54, 1.807) is 29.2 Å². The fourth-order valence-electron chi connectivity index (χ4n) is 4.91. The number of benzene rings is 2. The highest BCUT2D eigenvalue weighted by Crippen LogP contribution is 2.44. The van der Waals surface area contributed by atoms with E-state index in [9.17, 15) is 14.7 Å². The van der Waals surface area contributed by atoms with Crippen LogP contribution >= 0.6 is 11.6 Å². The van der Waals surface area contributed by atoms with Gasteiger partial charge < -0.3 is 19.2 Å². The molecule has 1 aliphatic heterocycles. The summed E-state index contributed by atoms with van der Waals surface area (Å²) >= 11 is 6.07. The van der Waals surface area contributed by atoms with Gasteiger partial charge in [0.05, 0.1) is 18.2 Å². The molecule has 0 spiro atoms. The van der Waals surface area contributed by atoms with Gasteiger partial charge >= 0.3 is 0 Å². The lowest BCUT2D eigenvalue weighted by atomic mass is 9.94. The molecule has 1 amide bonds. The molecular formula is C26H24ClNO5. The van der Waals surface area contributed by atoms with Gasteiger partial charge in [0.1, 0.15) is 11.3 Å². The number of amides is 1. The first-order valence-corrected chi connectivity index (χ1v) is 11.6. The van der Waals surface area contributed by atoms with Gasteiger partial charge in [0.2, 0.25) is 5.78 Å². The summed E-state index contributed by atoms with van der Waals surface area (Å²) in [4.78, 5) is 28.5. The first kappa shape index (κ1) is 21.6. The molecule has 1 fully saturated rings. The van der Waals surface area contributed by atoms with E-state index < -0.39 is 23.5 Å². The van der Waals surface area contributed by atoms with E-state index in [0.717, 1.165) is 31.2 Å². The number of hydrogen-bond acceptors (Lipinski definition) is 5. The second-order valence-electron chi connectivity index (χ2n) is 8.44. The topological polar surface area (TPSA) is 80.0 Å². The van der Waals surface area contributed by atoms with Gasteiger partial charge in [-0.05, 0) is 61.7 Å². The minimum atomic E-state index is -0.694. The van der Waals surface area contributed by atoms with E-state index in [1.165, 1.54) is 0 Å². The van der Waals surface area contributed by atoms with Gasteiger partial charge in [0.25, 0.3) is 5.91 Å². The number of hydrogen-bond donors (Lipinski definition) is 1.